The van der Waals surface area contributed by atoms with Crippen LogP contribution in [0.15, 0.2) is 85.1 Å². The van der Waals surface area contributed by atoms with Gasteiger partial charge in [0, 0.05) is 12.8 Å². The molecule has 82 heavy (non-hydrogen) atoms. The lowest BCUT2D eigenvalue weighted by atomic mass is 10.0. The Morgan fingerprint density at radius 3 is 0.866 bits per heavy atom. The number of hydrogen-bond donors (Lipinski definition) is 0. The first-order valence-corrected chi connectivity index (χ1v) is 35.6. The summed E-state index contributed by atoms with van der Waals surface area (Å²) in [6.45, 7) is 6.46. The van der Waals surface area contributed by atoms with Gasteiger partial charge in [-0.2, -0.15) is 0 Å². The van der Waals surface area contributed by atoms with Crippen LogP contribution < -0.4 is 0 Å². The minimum absolute atomic E-state index is 0.107. The van der Waals surface area contributed by atoms with E-state index in [-0.39, 0.29) is 31.6 Å². The summed E-state index contributed by atoms with van der Waals surface area (Å²) >= 11 is 0. The van der Waals surface area contributed by atoms with Gasteiger partial charge in [0.1, 0.15) is 13.2 Å². The number of unbranched alkanes of at least 4 members (excludes halogenated alkanes) is 41. The van der Waals surface area contributed by atoms with Gasteiger partial charge in [0.2, 0.25) is 0 Å². The number of allylic oxidation sites excluding steroid dienone is 13. The molecule has 0 aromatic rings. The van der Waals surface area contributed by atoms with Crippen molar-refractivity contribution >= 4 is 17.9 Å². The van der Waals surface area contributed by atoms with Gasteiger partial charge in [0.05, 0.1) is 6.42 Å². The number of ether oxygens (including phenoxy) is 3. The quantitative estimate of drug-likeness (QED) is 0.0261. The minimum Gasteiger partial charge on any atom is -0.462 e. The fourth-order valence-electron chi connectivity index (χ4n) is 10.4. The largest absolute Gasteiger partial charge is 0.462 e. The zero-order valence-electron chi connectivity index (χ0n) is 54.5. The average molecular weight is 1140 g/mol. The maximum absolute atomic E-state index is 12.9. The summed E-state index contributed by atoms with van der Waals surface area (Å²) < 4.78 is 16.9. The van der Waals surface area contributed by atoms with E-state index >= 15 is 0 Å². The summed E-state index contributed by atoms with van der Waals surface area (Å²) in [5.74, 6) is -1.03. The second kappa shape index (κ2) is 70.1. The molecular weight excluding hydrogens is 1010 g/mol. The van der Waals surface area contributed by atoms with Crippen molar-refractivity contribution in [3.8, 4) is 0 Å². The molecule has 0 aliphatic rings. The van der Waals surface area contributed by atoms with Gasteiger partial charge in [-0.25, -0.2) is 0 Å². The molecule has 0 aromatic carbocycles. The van der Waals surface area contributed by atoms with Crippen molar-refractivity contribution in [1.82, 2.24) is 0 Å². The zero-order chi connectivity index (χ0) is 59.2. The van der Waals surface area contributed by atoms with Crippen LogP contribution in [0.3, 0.4) is 0 Å². The van der Waals surface area contributed by atoms with E-state index in [1.54, 1.807) is 6.08 Å². The SMILES string of the molecule is CC/C=C\C/C=C\C/C=C\C/C=C\C/C=C\CC(=O)OCC(COC(=O)CCCCCCCCCCCCCCCCCCCCCCCCCCCCCCCCC)OC(=O)CCCCCCCCC/C=C\C/C=C\CCCCCC. The molecule has 0 saturated heterocycles. The summed E-state index contributed by atoms with van der Waals surface area (Å²) in [5, 5.41) is 0. The predicted octanol–water partition coefficient (Wildman–Crippen LogP) is 24.6. The van der Waals surface area contributed by atoms with E-state index in [1.807, 2.05) is 6.08 Å². The van der Waals surface area contributed by atoms with Crippen molar-refractivity contribution in [1.29, 1.82) is 0 Å². The van der Waals surface area contributed by atoms with Crippen molar-refractivity contribution < 1.29 is 28.6 Å². The minimum atomic E-state index is -0.822. The van der Waals surface area contributed by atoms with Crippen LogP contribution in [-0.4, -0.2) is 37.2 Å². The van der Waals surface area contributed by atoms with Gasteiger partial charge >= 0.3 is 17.9 Å². The normalized spacial score (nSPS) is 12.6. The third kappa shape index (κ3) is 67.4. The van der Waals surface area contributed by atoms with Gasteiger partial charge in [-0.15, -0.1) is 0 Å². The Morgan fingerprint density at radius 1 is 0.268 bits per heavy atom. The van der Waals surface area contributed by atoms with Crippen LogP contribution in [0.4, 0.5) is 0 Å². The van der Waals surface area contributed by atoms with Crippen molar-refractivity contribution in [3.05, 3.63) is 85.1 Å². The Hall–Kier alpha value is -3.41. The second-order valence-corrected chi connectivity index (χ2v) is 23.8. The molecular formula is C76H134O6. The fraction of sp³-hybridized carbons (Fsp3) is 0.776. The molecule has 474 valence electrons. The van der Waals surface area contributed by atoms with Crippen molar-refractivity contribution in [2.24, 2.45) is 0 Å². The molecule has 0 saturated carbocycles. The van der Waals surface area contributed by atoms with Gasteiger partial charge < -0.3 is 14.2 Å². The zero-order valence-corrected chi connectivity index (χ0v) is 54.5. The highest BCUT2D eigenvalue weighted by molar-refractivity contribution is 5.72. The molecule has 6 nitrogen and oxygen atoms in total. The highest BCUT2D eigenvalue weighted by Crippen LogP contribution is 2.18. The molecule has 0 aliphatic carbocycles. The molecule has 6 heteroatoms. The van der Waals surface area contributed by atoms with Crippen molar-refractivity contribution in [2.45, 2.75) is 367 Å². The molecule has 0 aliphatic heterocycles. The van der Waals surface area contributed by atoms with Crippen LogP contribution in [0.1, 0.15) is 361 Å². The lowest BCUT2D eigenvalue weighted by Crippen LogP contribution is -2.30. The maximum atomic E-state index is 12.9. The van der Waals surface area contributed by atoms with Crippen LogP contribution >= 0.6 is 0 Å². The van der Waals surface area contributed by atoms with Gasteiger partial charge in [-0.05, 0) is 77.0 Å². The smallest absolute Gasteiger partial charge is 0.309 e. The van der Waals surface area contributed by atoms with Crippen LogP contribution in [0.25, 0.3) is 0 Å². The lowest BCUT2D eigenvalue weighted by molar-refractivity contribution is -0.166. The third-order valence-electron chi connectivity index (χ3n) is 15.7. The number of hydrogen-bond acceptors (Lipinski definition) is 6. The fourth-order valence-corrected chi connectivity index (χ4v) is 10.4. The summed E-state index contributed by atoms with van der Waals surface area (Å²) in [7, 11) is 0. The molecule has 0 rings (SSSR count). The van der Waals surface area contributed by atoms with Crippen LogP contribution in [0, 0.1) is 0 Å². The molecule has 0 heterocycles. The van der Waals surface area contributed by atoms with E-state index in [9.17, 15) is 14.4 Å². The van der Waals surface area contributed by atoms with E-state index in [0.717, 1.165) is 83.5 Å². The van der Waals surface area contributed by atoms with Crippen molar-refractivity contribution in [2.75, 3.05) is 13.2 Å². The summed E-state index contributed by atoms with van der Waals surface area (Å²) in [5.41, 5.74) is 0. The Morgan fingerprint density at radius 2 is 0.524 bits per heavy atom. The molecule has 0 radical (unpaired) electrons. The Balaban J connectivity index is 4.25. The molecule has 0 spiro atoms. The van der Waals surface area contributed by atoms with E-state index in [0.29, 0.717) is 12.8 Å². The number of carbonyl (C=O) groups is 3. The maximum Gasteiger partial charge on any atom is 0.309 e. The molecule has 0 bridgehead atoms. The topological polar surface area (TPSA) is 78.9 Å². The first-order chi connectivity index (χ1) is 40.5. The molecule has 1 atom stereocenters. The first kappa shape index (κ1) is 78.6. The van der Waals surface area contributed by atoms with E-state index in [1.165, 1.54) is 238 Å². The number of carbonyl (C=O) groups excluding carboxylic acids is 3. The summed E-state index contributed by atoms with van der Waals surface area (Å²) in [6, 6.07) is 0. The molecule has 0 aromatic heterocycles. The second-order valence-electron chi connectivity index (χ2n) is 23.8. The lowest BCUT2D eigenvalue weighted by Gasteiger charge is -2.18. The number of esters is 3. The van der Waals surface area contributed by atoms with Gasteiger partial charge in [-0.1, -0.05) is 350 Å². The predicted molar refractivity (Wildman–Crippen MR) is 358 cm³/mol. The number of rotatable bonds is 65. The van der Waals surface area contributed by atoms with Gasteiger partial charge in [0.25, 0.3) is 0 Å². The summed E-state index contributed by atoms with van der Waals surface area (Å²) in [4.78, 5) is 38.3. The molecule has 1 unspecified atom stereocenters. The average Bonchev–Trinajstić information content (AvgIpc) is 3.47. The van der Waals surface area contributed by atoms with Gasteiger partial charge in [-0.3, -0.25) is 14.4 Å². The molecule has 0 amide bonds. The summed E-state index contributed by atoms with van der Waals surface area (Å²) in [6.07, 6.45) is 93.7. The van der Waals surface area contributed by atoms with E-state index in [4.69, 9.17) is 14.2 Å². The monoisotopic (exact) mass is 1140 g/mol. The molecule has 0 fully saturated rings. The highest BCUT2D eigenvalue weighted by atomic mass is 16.6. The highest BCUT2D eigenvalue weighted by Gasteiger charge is 2.19. The van der Waals surface area contributed by atoms with E-state index in [2.05, 4.69) is 93.7 Å². The Kier molecular flexibility index (Phi) is 67.2. The van der Waals surface area contributed by atoms with E-state index < -0.39 is 12.1 Å². The molecule has 0 N–H and O–H groups in total. The Labute approximate surface area is 509 Å². The first-order valence-electron chi connectivity index (χ1n) is 35.6. The standard InChI is InChI=1S/C76H134O6/c1-4-7-10-13-16-19-22-25-28-30-32-33-34-35-36-37-38-39-40-41-42-43-44-46-48-51-54-57-60-63-66-69-75(78)81-72-73(71-80-74(77)68-65-62-59-56-53-50-47-27-24-21-18-15-12-9-6-3)82-76(79)70-67-64-61-58-55-52-49-45-31-29-26-23-20-17-14-11-8-5-2/h9,12,18,20-21,23,27,29,31,47,53,56,62,65,73H,4-8,10-11,13-17,19,22,24-26,28,30,32-46,48-52,54-55,57-61,63-64,66-72H2,1-3H3/b12-9-,21-18-,23-20-,31-29-,47-27-,56-53-,65-62-. The van der Waals surface area contributed by atoms with Crippen LogP contribution in [0.2, 0.25) is 0 Å². The van der Waals surface area contributed by atoms with Crippen LogP contribution in [0.5, 0.6) is 0 Å². The van der Waals surface area contributed by atoms with Crippen LogP contribution in [-0.2, 0) is 28.6 Å². The van der Waals surface area contributed by atoms with Gasteiger partial charge in [0.15, 0.2) is 6.10 Å². The Bertz CT molecular complexity index is 1550. The van der Waals surface area contributed by atoms with Crippen molar-refractivity contribution in [3.63, 3.8) is 0 Å². The third-order valence-corrected chi connectivity index (χ3v) is 15.7.